The zero-order chi connectivity index (χ0) is 20.2. The van der Waals surface area contributed by atoms with Crippen molar-refractivity contribution in [1.82, 2.24) is 0 Å². The van der Waals surface area contributed by atoms with Crippen molar-refractivity contribution in [1.29, 1.82) is 0 Å². The van der Waals surface area contributed by atoms with E-state index in [9.17, 15) is 0 Å². The predicted molar refractivity (Wildman–Crippen MR) is 122 cm³/mol. The van der Waals surface area contributed by atoms with E-state index in [2.05, 4.69) is 101 Å². The zero-order valence-electron chi connectivity index (χ0n) is 19.5. The van der Waals surface area contributed by atoms with E-state index >= 15 is 0 Å². The highest BCUT2D eigenvalue weighted by Gasteiger charge is 2.40. The molecule has 0 rings (SSSR count). The Morgan fingerprint density at radius 3 is 1.56 bits per heavy atom. The van der Waals surface area contributed by atoms with Gasteiger partial charge in [-0.1, -0.05) is 85.2 Å². The first-order chi connectivity index (χ1) is 11.1. The van der Waals surface area contributed by atoms with E-state index in [0.29, 0.717) is 0 Å². The van der Waals surface area contributed by atoms with Gasteiger partial charge in [0.05, 0.1) is 14.7 Å². The van der Waals surface area contributed by atoms with Crippen LogP contribution in [-0.4, -0.2) is 23.0 Å². The molecule has 0 aliphatic heterocycles. The van der Waals surface area contributed by atoms with E-state index < -0.39 is 16.4 Å². The molecule has 25 heavy (non-hydrogen) atoms. The van der Waals surface area contributed by atoms with Crippen LogP contribution in [0, 0.1) is 0 Å². The van der Waals surface area contributed by atoms with Crippen LogP contribution in [0.1, 0.15) is 76.2 Å². The Morgan fingerprint density at radius 2 is 1.24 bits per heavy atom. The second-order valence-electron chi connectivity index (χ2n) is 10.2. The van der Waals surface area contributed by atoms with E-state index in [1.165, 1.54) is 11.1 Å². The van der Waals surface area contributed by atoms with Crippen molar-refractivity contribution in [3.8, 4) is 0 Å². The van der Waals surface area contributed by atoms with Crippen LogP contribution in [0.4, 0.5) is 0 Å². The molecular weight excluding hydrogens is 336 g/mol. The van der Waals surface area contributed by atoms with Crippen molar-refractivity contribution in [2.75, 3.05) is 6.61 Å². The van der Waals surface area contributed by atoms with Crippen LogP contribution in [0.15, 0.2) is 22.9 Å². The van der Waals surface area contributed by atoms with Crippen LogP contribution in [0.2, 0.25) is 34.8 Å². The fourth-order valence-electron chi connectivity index (χ4n) is 3.74. The van der Waals surface area contributed by atoms with Gasteiger partial charge in [-0.2, -0.15) is 0 Å². The van der Waals surface area contributed by atoms with Crippen LogP contribution >= 0.6 is 0 Å². The molecular formula is C22H46OSi2. The summed E-state index contributed by atoms with van der Waals surface area (Å²) in [4.78, 5) is 0. The van der Waals surface area contributed by atoms with Crippen LogP contribution in [-0.2, 0) is 4.43 Å². The predicted octanol–water partition coefficient (Wildman–Crippen LogP) is 8.12. The normalized spacial score (nSPS) is 15.7. The topological polar surface area (TPSA) is 9.23 Å². The van der Waals surface area contributed by atoms with Gasteiger partial charge in [0.2, 0.25) is 0 Å². The molecule has 0 saturated heterocycles. The molecule has 0 aliphatic carbocycles. The average Bonchev–Trinajstić information content (AvgIpc) is 2.41. The van der Waals surface area contributed by atoms with E-state index in [-0.39, 0.29) is 5.04 Å². The van der Waals surface area contributed by atoms with Gasteiger partial charge in [0.15, 0.2) is 8.32 Å². The fourth-order valence-corrected chi connectivity index (χ4v) is 10.7. The summed E-state index contributed by atoms with van der Waals surface area (Å²) in [6.07, 6.45) is 2.30. The minimum Gasteiger partial charge on any atom is -0.413 e. The van der Waals surface area contributed by atoms with E-state index in [0.717, 1.165) is 23.2 Å². The molecule has 0 radical (unpaired) electrons. The van der Waals surface area contributed by atoms with Gasteiger partial charge in [-0.05, 0) is 48.6 Å². The number of hydrogen-bond acceptors (Lipinski definition) is 1. The van der Waals surface area contributed by atoms with Gasteiger partial charge in [-0.15, -0.1) is 0 Å². The SMILES string of the molecule is CC(=C\CO[Si](C)(C)C(C)(C)C)/C(C)=C/[Si](C(C)C)(C(C)C)C(C)C. The minimum atomic E-state index is -1.66. The monoisotopic (exact) mass is 382 g/mol. The summed E-state index contributed by atoms with van der Waals surface area (Å²) in [5.74, 6) is 0. The van der Waals surface area contributed by atoms with Crippen LogP contribution < -0.4 is 0 Å². The molecule has 1 nitrogen and oxygen atoms in total. The molecule has 0 atom stereocenters. The summed E-state index contributed by atoms with van der Waals surface area (Å²) in [6.45, 7) is 31.4. The summed E-state index contributed by atoms with van der Waals surface area (Å²) < 4.78 is 6.33. The van der Waals surface area contributed by atoms with Gasteiger partial charge in [-0.25, -0.2) is 0 Å². The van der Waals surface area contributed by atoms with Gasteiger partial charge >= 0.3 is 0 Å². The van der Waals surface area contributed by atoms with E-state index in [1.807, 2.05) is 0 Å². The maximum atomic E-state index is 6.33. The third kappa shape index (κ3) is 6.21. The molecule has 0 saturated carbocycles. The highest BCUT2D eigenvalue weighted by molar-refractivity contribution is 6.88. The lowest BCUT2D eigenvalue weighted by Crippen LogP contribution is -2.43. The van der Waals surface area contributed by atoms with Crippen molar-refractivity contribution in [3.63, 3.8) is 0 Å². The Kier molecular flexibility index (Phi) is 9.14. The largest absolute Gasteiger partial charge is 0.413 e. The lowest BCUT2D eigenvalue weighted by Gasteiger charge is -2.41. The van der Waals surface area contributed by atoms with Crippen molar-refractivity contribution in [2.24, 2.45) is 0 Å². The molecule has 0 aromatic rings. The molecule has 0 unspecified atom stereocenters. The van der Waals surface area contributed by atoms with Gasteiger partial charge in [0.25, 0.3) is 0 Å². The molecule has 0 aliphatic rings. The lowest BCUT2D eigenvalue weighted by molar-refractivity contribution is 0.327. The second kappa shape index (κ2) is 9.19. The Balaban J connectivity index is 5.43. The quantitative estimate of drug-likeness (QED) is 0.304. The Labute approximate surface area is 161 Å². The molecule has 0 spiro atoms. The van der Waals surface area contributed by atoms with Gasteiger partial charge in [-0.3, -0.25) is 0 Å². The summed E-state index contributed by atoms with van der Waals surface area (Å²) >= 11 is 0. The summed E-state index contributed by atoms with van der Waals surface area (Å²) in [5.41, 5.74) is 7.82. The first-order valence-corrected chi connectivity index (χ1v) is 15.3. The summed E-state index contributed by atoms with van der Waals surface area (Å²) in [6, 6.07) is 0. The van der Waals surface area contributed by atoms with Crippen molar-refractivity contribution in [2.45, 2.75) is 111 Å². The van der Waals surface area contributed by atoms with Gasteiger partial charge in [0, 0.05) is 0 Å². The molecule has 0 aromatic heterocycles. The molecule has 0 fully saturated rings. The summed E-state index contributed by atoms with van der Waals surface area (Å²) in [7, 11) is -3.16. The molecule has 0 aromatic carbocycles. The summed E-state index contributed by atoms with van der Waals surface area (Å²) in [5, 5.41) is 0.272. The van der Waals surface area contributed by atoms with Crippen LogP contribution in [0.25, 0.3) is 0 Å². The third-order valence-corrected chi connectivity index (χ3v) is 18.2. The number of allylic oxidation sites excluding steroid dienone is 2. The molecule has 3 heteroatoms. The molecule has 0 amide bonds. The van der Waals surface area contributed by atoms with E-state index in [1.54, 1.807) is 0 Å². The Hall–Kier alpha value is -0.126. The number of rotatable bonds is 8. The Bertz CT molecular complexity index is 455. The highest BCUT2D eigenvalue weighted by Crippen LogP contribution is 2.43. The van der Waals surface area contributed by atoms with Crippen molar-refractivity contribution < 1.29 is 4.43 Å². The zero-order valence-corrected chi connectivity index (χ0v) is 21.5. The molecule has 148 valence electrons. The first-order valence-electron chi connectivity index (χ1n) is 10.1. The molecule has 0 heterocycles. The van der Waals surface area contributed by atoms with Crippen LogP contribution in [0.5, 0.6) is 0 Å². The maximum absolute atomic E-state index is 6.33. The first kappa shape index (κ1) is 24.9. The Morgan fingerprint density at radius 1 is 0.840 bits per heavy atom. The maximum Gasteiger partial charge on any atom is 0.192 e. The number of hydrogen-bond donors (Lipinski definition) is 0. The molecule has 0 bridgehead atoms. The smallest absolute Gasteiger partial charge is 0.192 e. The third-order valence-electron chi connectivity index (χ3n) is 6.73. The van der Waals surface area contributed by atoms with Gasteiger partial charge in [0.1, 0.15) is 0 Å². The standard InChI is InChI=1S/C22H46OSi2/c1-17(2)25(18(3)4,19(5)6)16-21(8)20(7)14-15-23-24(12,13)22(9,10)11/h14,16-19H,15H2,1-13H3/b20-14+,21-16+. The van der Waals surface area contributed by atoms with Crippen molar-refractivity contribution in [3.05, 3.63) is 22.9 Å². The van der Waals surface area contributed by atoms with Crippen LogP contribution in [0.3, 0.4) is 0 Å². The van der Waals surface area contributed by atoms with Gasteiger partial charge < -0.3 is 4.43 Å². The lowest BCUT2D eigenvalue weighted by atomic mass is 10.1. The fraction of sp³-hybridized carbons (Fsp3) is 0.818. The molecule has 0 N–H and O–H groups in total. The average molecular weight is 383 g/mol. The minimum absolute atomic E-state index is 0.272. The highest BCUT2D eigenvalue weighted by atomic mass is 28.4. The van der Waals surface area contributed by atoms with Crippen molar-refractivity contribution >= 4 is 16.4 Å². The second-order valence-corrected chi connectivity index (χ2v) is 20.8. The van der Waals surface area contributed by atoms with E-state index in [4.69, 9.17) is 4.43 Å².